The van der Waals surface area contributed by atoms with Crippen molar-refractivity contribution in [2.45, 2.75) is 32.1 Å². The number of aromatic nitrogens is 4. The molecule has 6 nitrogen and oxygen atoms in total. The summed E-state index contributed by atoms with van der Waals surface area (Å²) in [6.07, 6.45) is 5.34. The molecule has 1 aliphatic rings. The van der Waals surface area contributed by atoms with Crippen molar-refractivity contribution in [2.75, 3.05) is 32.5 Å². The van der Waals surface area contributed by atoms with E-state index in [-0.39, 0.29) is 0 Å². The molecular formula is C16H23N6S+. The number of quaternary nitrogens is 1. The summed E-state index contributed by atoms with van der Waals surface area (Å²) in [7, 11) is 4.30. The Morgan fingerprint density at radius 2 is 2.30 bits per heavy atom. The van der Waals surface area contributed by atoms with Gasteiger partial charge in [0, 0.05) is 4.88 Å². The van der Waals surface area contributed by atoms with E-state index in [9.17, 15) is 0 Å². The summed E-state index contributed by atoms with van der Waals surface area (Å²) < 4.78 is 1.86. The average molecular weight is 331 g/mol. The first-order valence-corrected chi connectivity index (χ1v) is 9.14. The minimum atomic E-state index is 0.589. The second kappa shape index (κ2) is 5.72. The first-order valence-electron chi connectivity index (χ1n) is 8.33. The largest absolute Gasteiger partial charge is 0.348 e. The number of fused-ring (bicyclic) bond motifs is 5. The number of nitrogens with one attached hydrogen (secondary N) is 2. The molecule has 0 radical (unpaired) electrons. The zero-order valence-corrected chi connectivity index (χ0v) is 14.7. The van der Waals surface area contributed by atoms with Crippen LogP contribution in [0.15, 0.2) is 6.33 Å². The average Bonchev–Trinajstić information content (AvgIpc) is 3.10. The molecule has 0 saturated carbocycles. The first-order chi connectivity index (χ1) is 11.1. The Bertz CT molecular complexity index is 849. The molecule has 0 amide bonds. The van der Waals surface area contributed by atoms with E-state index in [4.69, 9.17) is 4.98 Å². The highest BCUT2D eigenvalue weighted by Gasteiger charge is 2.25. The summed E-state index contributed by atoms with van der Waals surface area (Å²) >= 11 is 1.84. The third-order valence-electron chi connectivity index (χ3n) is 4.62. The van der Waals surface area contributed by atoms with Crippen LogP contribution in [0.3, 0.4) is 0 Å². The Morgan fingerprint density at radius 1 is 1.43 bits per heavy atom. The van der Waals surface area contributed by atoms with Gasteiger partial charge in [-0.15, -0.1) is 11.3 Å². The SMILES string of the molecule is C[C@@H]1CCCc2sc3nc(NCC[NH+](C)C)n4ncnc4c3c21. The number of anilines is 1. The van der Waals surface area contributed by atoms with Gasteiger partial charge in [-0.3, -0.25) is 0 Å². The van der Waals surface area contributed by atoms with Gasteiger partial charge in [0.2, 0.25) is 5.95 Å². The molecule has 2 N–H and O–H groups in total. The van der Waals surface area contributed by atoms with Crippen molar-refractivity contribution in [2.24, 2.45) is 0 Å². The summed E-state index contributed by atoms with van der Waals surface area (Å²) in [6.45, 7) is 4.23. The van der Waals surface area contributed by atoms with E-state index in [1.54, 1.807) is 6.33 Å². The molecule has 0 unspecified atom stereocenters. The maximum absolute atomic E-state index is 4.87. The molecule has 0 bridgehead atoms. The molecule has 0 fully saturated rings. The summed E-state index contributed by atoms with van der Waals surface area (Å²) in [5.74, 6) is 1.39. The fourth-order valence-corrected chi connectivity index (χ4v) is 4.77. The third kappa shape index (κ3) is 2.48. The standard InChI is InChI=1S/C16H22N6S/c1-10-5-4-6-11-12(10)13-14-18-9-19-22(14)16(20-15(13)23-11)17-7-8-21(2)3/h9-10H,4-8H2,1-3H3,(H,17,20)/p+1/t10-/m1/s1. The summed E-state index contributed by atoms with van der Waals surface area (Å²) in [5.41, 5.74) is 2.41. The lowest BCUT2D eigenvalue weighted by Crippen LogP contribution is -3.06. The Balaban J connectivity index is 1.84. The zero-order valence-electron chi connectivity index (χ0n) is 13.9. The van der Waals surface area contributed by atoms with Gasteiger partial charge in [-0.1, -0.05) is 6.92 Å². The van der Waals surface area contributed by atoms with Crippen LogP contribution < -0.4 is 10.2 Å². The Kier molecular flexibility index (Phi) is 3.69. The number of likely N-dealkylation sites (N-methyl/N-ethyl adjacent to an activating group) is 1. The van der Waals surface area contributed by atoms with E-state index in [2.05, 4.69) is 36.4 Å². The molecule has 0 aromatic carbocycles. The monoisotopic (exact) mass is 331 g/mol. The molecule has 3 heterocycles. The molecule has 3 aromatic rings. The van der Waals surface area contributed by atoms with Gasteiger partial charge in [-0.2, -0.15) is 9.61 Å². The lowest BCUT2D eigenvalue weighted by Gasteiger charge is -2.18. The van der Waals surface area contributed by atoms with Gasteiger partial charge in [0.1, 0.15) is 11.2 Å². The van der Waals surface area contributed by atoms with Crippen LogP contribution in [0.4, 0.5) is 5.95 Å². The molecule has 0 saturated heterocycles. The van der Waals surface area contributed by atoms with Crippen LogP contribution in [0, 0.1) is 0 Å². The van der Waals surface area contributed by atoms with Crippen molar-refractivity contribution >= 4 is 33.1 Å². The van der Waals surface area contributed by atoms with Crippen LogP contribution in [0.25, 0.3) is 15.9 Å². The van der Waals surface area contributed by atoms with Gasteiger partial charge in [0.15, 0.2) is 5.65 Å². The first kappa shape index (κ1) is 14.8. The molecule has 4 rings (SSSR count). The topological polar surface area (TPSA) is 59.6 Å². The van der Waals surface area contributed by atoms with Crippen molar-refractivity contribution in [1.82, 2.24) is 19.6 Å². The molecule has 1 atom stereocenters. The number of nitrogens with zero attached hydrogens (tertiary/aromatic N) is 4. The van der Waals surface area contributed by atoms with Crippen LogP contribution >= 0.6 is 11.3 Å². The number of aryl methyl sites for hydroxylation is 1. The molecular weight excluding hydrogens is 308 g/mol. The summed E-state index contributed by atoms with van der Waals surface area (Å²) in [5, 5.41) is 9.04. The Hall–Kier alpha value is -1.73. The minimum absolute atomic E-state index is 0.589. The number of rotatable bonds is 4. The lowest BCUT2D eigenvalue weighted by atomic mass is 9.87. The highest BCUT2D eigenvalue weighted by Crippen LogP contribution is 2.43. The van der Waals surface area contributed by atoms with Crippen molar-refractivity contribution in [3.63, 3.8) is 0 Å². The van der Waals surface area contributed by atoms with Crippen molar-refractivity contribution in [3.05, 3.63) is 16.8 Å². The second-order valence-electron chi connectivity index (χ2n) is 6.73. The Labute approximate surface area is 139 Å². The molecule has 1 aliphatic carbocycles. The number of hydrogen-bond donors (Lipinski definition) is 2. The maximum atomic E-state index is 4.87. The van der Waals surface area contributed by atoms with Gasteiger partial charge in [-0.05, 0) is 30.7 Å². The molecule has 3 aromatic heterocycles. The fraction of sp³-hybridized carbons (Fsp3) is 0.562. The normalized spacial score (nSPS) is 18.0. The van der Waals surface area contributed by atoms with Crippen LogP contribution in [0.5, 0.6) is 0 Å². The van der Waals surface area contributed by atoms with Crippen LogP contribution in [-0.4, -0.2) is 46.8 Å². The van der Waals surface area contributed by atoms with Crippen LogP contribution in [0.2, 0.25) is 0 Å². The van der Waals surface area contributed by atoms with E-state index in [1.807, 2.05) is 15.9 Å². The molecule has 0 spiro atoms. The highest BCUT2D eigenvalue weighted by atomic mass is 32.1. The zero-order chi connectivity index (χ0) is 16.0. The van der Waals surface area contributed by atoms with Gasteiger partial charge >= 0.3 is 0 Å². The molecule has 0 aliphatic heterocycles. The number of hydrogen-bond acceptors (Lipinski definition) is 5. The van der Waals surface area contributed by atoms with Crippen LogP contribution in [-0.2, 0) is 6.42 Å². The second-order valence-corrected chi connectivity index (χ2v) is 7.81. The van der Waals surface area contributed by atoms with E-state index in [0.29, 0.717) is 5.92 Å². The predicted octanol–water partition coefficient (Wildman–Crippen LogP) is 1.34. The Morgan fingerprint density at radius 3 is 3.13 bits per heavy atom. The van der Waals surface area contributed by atoms with E-state index >= 15 is 0 Å². The van der Waals surface area contributed by atoms with Crippen LogP contribution in [0.1, 0.15) is 36.1 Å². The lowest BCUT2D eigenvalue weighted by molar-refractivity contribution is -0.856. The molecule has 7 heteroatoms. The van der Waals surface area contributed by atoms with Gasteiger partial charge < -0.3 is 10.2 Å². The highest BCUT2D eigenvalue weighted by molar-refractivity contribution is 7.19. The van der Waals surface area contributed by atoms with E-state index in [1.165, 1.54) is 40.0 Å². The fourth-order valence-electron chi connectivity index (χ4n) is 3.44. The molecule has 122 valence electrons. The third-order valence-corrected chi connectivity index (χ3v) is 5.78. The van der Waals surface area contributed by atoms with Crippen molar-refractivity contribution < 1.29 is 4.90 Å². The van der Waals surface area contributed by atoms with Gasteiger partial charge in [0.05, 0.1) is 32.6 Å². The van der Waals surface area contributed by atoms with Gasteiger partial charge in [0.25, 0.3) is 0 Å². The maximum Gasteiger partial charge on any atom is 0.227 e. The quantitative estimate of drug-likeness (QED) is 0.757. The number of thiophene rings is 1. The summed E-state index contributed by atoms with van der Waals surface area (Å²) in [6, 6.07) is 0. The van der Waals surface area contributed by atoms with Gasteiger partial charge in [-0.25, -0.2) is 9.97 Å². The van der Waals surface area contributed by atoms with E-state index < -0.39 is 0 Å². The smallest absolute Gasteiger partial charge is 0.227 e. The summed E-state index contributed by atoms with van der Waals surface area (Å²) in [4.78, 5) is 13.4. The molecule has 23 heavy (non-hydrogen) atoms. The van der Waals surface area contributed by atoms with Crippen molar-refractivity contribution in [3.8, 4) is 0 Å². The van der Waals surface area contributed by atoms with E-state index in [0.717, 1.165) is 29.5 Å². The minimum Gasteiger partial charge on any atom is -0.348 e. The predicted molar refractivity (Wildman–Crippen MR) is 93.7 cm³/mol. The van der Waals surface area contributed by atoms with Crippen molar-refractivity contribution in [1.29, 1.82) is 0 Å².